The molecule has 1 fully saturated rings. The lowest BCUT2D eigenvalue weighted by atomic mass is 9.80. The van der Waals surface area contributed by atoms with Crippen molar-refractivity contribution in [2.75, 3.05) is 7.05 Å². The molecule has 1 heterocycles. The van der Waals surface area contributed by atoms with Crippen molar-refractivity contribution in [2.24, 2.45) is 11.8 Å². The van der Waals surface area contributed by atoms with Crippen molar-refractivity contribution < 1.29 is 4.74 Å². The quantitative estimate of drug-likeness (QED) is 0.898. The number of rotatable bonds is 3. The van der Waals surface area contributed by atoms with Gasteiger partial charge in [-0.2, -0.15) is 0 Å². The molecular weight excluding hydrogens is 281 g/mol. The van der Waals surface area contributed by atoms with Gasteiger partial charge in [-0.05, 0) is 44.5 Å². The number of nitrogens with one attached hydrogen (secondary N) is 1. The van der Waals surface area contributed by atoms with Crippen molar-refractivity contribution in [2.45, 2.75) is 39.0 Å². The normalized spacial score (nSPS) is 32.5. The summed E-state index contributed by atoms with van der Waals surface area (Å²) in [5.74, 6) is 0.930. The minimum Gasteiger partial charge on any atom is -0.375 e. The van der Waals surface area contributed by atoms with Gasteiger partial charge in [0.2, 0.25) is 0 Å². The van der Waals surface area contributed by atoms with E-state index in [1.165, 1.54) is 5.56 Å². The summed E-state index contributed by atoms with van der Waals surface area (Å²) < 4.78 is 5.95. The summed E-state index contributed by atoms with van der Waals surface area (Å²) in [4.78, 5) is 0. The molecule has 0 saturated carbocycles. The second-order valence-electron chi connectivity index (χ2n) is 5.42. The van der Waals surface area contributed by atoms with Gasteiger partial charge in [0.1, 0.15) is 0 Å². The maximum Gasteiger partial charge on any atom is 0.0600 e. The minimum absolute atomic E-state index is 0.227. The SMILES string of the molecule is CNC(c1ccc(Cl)c(Cl)c1)C1C(C)OC(C)C1C. The molecule has 0 aromatic heterocycles. The van der Waals surface area contributed by atoms with Crippen LogP contribution < -0.4 is 5.32 Å². The fourth-order valence-electron chi connectivity index (χ4n) is 3.16. The van der Waals surface area contributed by atoms with Crippen LogP contribution in [0.3, 0.4) is 0 Å². The monoisotopic (exact) mass is 301 g/mol. The van der Waals surface area contributed by atoms with Gasteiger partial charge in [0.05, 0.1) is 22.3 Å². The highest BCUT2D eigenvalue weighted by molar-refractivity contribution is 6.42. The Kier molecular flexibility index (Phi) is 4.78. The van der Waals surface area contributed by atoms with Gasteiger partial charge < -0.3 is 10.1 Å². The largest absolute Gasteiger partial charge is 0.375 e. The van der Waals surface area contributed by atoms with Crippen LogP contribution in [0, 0.1) is 11.8 Å². The maximum atomic E-state index is 6.13. The van der Waals surface area contributed by atoms with E-state index in [1.807, 2.05) is 25.2 Å². The topological polar surface area (TPSA) is 21.3 Å². The molecule has 1 aromatic rings. The molecule has 1 aliphatic rings. The lowest BCUT2D eigenvalue weighted by molar-refractivity contribution is 0.0478. The van der Waals surface area contributed by atoms with Crippen LogP contribution in [0.2, 0.25) is 10.0 Å². The summed E-state index contributed by atoms with van der Waals surface area (Å²) in [6.45, 7) is 6.54. The molecule has 1 N–H and O–H groups in total. The van der Waals surface area contributed by atoms with E-state index in [9.17, 15) is 0 Å². The molecule has 5 unspecified atom stereocenters. The van der Waals surface area contributed by atoms with Gasteiger partial charge in [-0.25, -0.2) is 0 Å². The van der Waals surface area contributed by atoms with E-state index in [2.05, 4.69) is 26.1 Å². The molecule has 106 valence electrons. The molecule has 5 atom stereocenters. The van der Waals surface area contributed by atoms with Crippen molar-refractivity contribution in [1.82, 2.24) is 5.32 Å². The smallest absolute Gasteiger partial charge is 0.0600 e. The van der Waals surface area contributed by atoms with Crippen LogP contribution in [-0.4, -0.2) is 19.3 Å². The molecule has 4 heteroatoms. The summed E-state index contributed by atoms with van der Waals surface area (Å²) in [6.07, 6.45) is 0.524. The predicted molar refractivity (Wildman–Crippen MR) is 80.9 cm³/mol. The Morgan fingerprint density at radius 2 is 1.79 bits per heavy atom. The van der Waals surface area contributed by atoms with E-state index in [1.54, 1.807) is 0 Å². The molecule has 1 aromatic carbocycles. The van der Waals surface area contributed by atoms with Gasteiger partial charge in [0.25, 0.3) is 0 Å². The standard InChI is InChI=1S/C15H21Cl2NO/c1-8-9(2)19-10(3)14(8)15(18-4)11-5-6-12(16)13(17)7-11/h5-10,14-15,18H,1-4H3. The van der Waals surface area contributed by atoms with Gasteiger partial charge in [0, 0.05) is 12.0 Å². The van der Waals surface area contributed by atoms with Gasteiger partial charge in [-0.3, -0.25) is 0 Å². The zero-order valence-electron chi connectivity index (χ0n) is 11.8. The van der Waals surface area contributed by atoms with Crippen molar-refractivity contribution in [3.8, 4) is 0 Å². The Labute approximate surface area is 125 Å². The average molecular weight is 302 g/mol. The molecule has 0 bridgehead atoms. The van der Waals surface area contributed by atoms with Crippen molar-refractivity contribution in [3.05, 3.63) is 33.8 Å². The number of ether oxygens (including phenoxy) is 1. The summed E-state index contributed by atoms with van der Waals surface area (Å²) in [5.41, 5.74) is 1.17. The van der Waals surface area contributed by atoms with E-state index in [4.69, 9.17) is 27.9 Å². The second kappa shape index (κ2) is 6.01. The fourth-order valence-corrected chi connectivity index (χ4v) is 3.46. The number of benzene rings is 1. The second-order valence-corrected chi connectivity index (χ2v) is 6.24. The van der Waals surface area contributed by atoms with E-state index in [0.29, 0.717) is 28.0 Å². The lowest BCUT2D eigenvalue weighted by Crippen LogP contribution is -2.33. The van der Waals surface area contributed by atoms with Crippen LogP contribution in [-0.2, 0) is 4.74 Å². The Hall–Kier alpha value is -0.280. The first-order valence-electron chi connectivity index (χ1n) is 6.73. The molecule has 19 heavy (non-hydrogen) atoms. The van der Waals surface area contributed by atoms with E-state index < -0.39 is 0 Å². The minimum atomic E-state index is 0.227. The third-order valence-electron chi connectivity index (χ3n) is 4.32. The first-order chi connectivity index (χ1) is 8.95. The highest BCUT2D eigenvalue weighted by atomic mass is 35.5. The van der Waals surface area contributed by atoms with Crippen LogP contribution in [0.15, 0.2) is 18.2 Å². The molecular formula is C15H21Cl2NO. The number of hydrogen-bond acceptors (Lipinski definition) is 2. The first-order valence-corrected chi connectivity index (χ1v) is 7.49. The van der Waals surface area contributed by atoms with E-state index >= 15 is 0 Å². The van der Waals surface area contributed by atoms with Crippen LogP contribution in [0.25, 0.3) is 0 Å². The molecule has 0 amide bonds. The van der Waals surface area contributed by atoms with Gasteiger partial charge >= 0.3 is 0 Å². The van der Waals surface area contributed by atoms with Crippen molar-refractivity contribution in [1.29, 1.82) is 0 Å². The highest BCUT2D eigenvalue weighted by Gasteiger charge is 2.41. The van der Waals surface area contributed by atoms with Crippen LogP contribution >= 0.6 is 23.2 Å². The zero-order valence-corrected chi connectivity index (χ0v) is 13.3. The zero-order chi connectivity index (χ0) is 14.2. The summed E-state index contributed by atoms with van der Waals surface area (Å²) >= 11 is 12.1. The van der Waals surface area contributed by atoms with Crippen LogP contribution in [0.1, 0.15) is 32.4 Å². The average Bonchev–Trinajstić information content (AvgIpc) is 2.61. The molecule has 2 nitrogen and oxygen atoms in total. The Morgan fingerprint density at radius 1 is 1.11 bits per heavy atom. The molecule has 1 saturated heterocycles. The van der Waals surface area contributed by atoms with E-state index in [-0.39, 0.29) is 12.1 Å². The Balaban J connectivity index is 2.31. The number of hydrogen-bond donors (Lipinski definition) is 1. The van der Waals surface area contributed by atoms with Crippen molar-refractivity contribution >= 4 is 23.2 Å². The van der Waals surface area contributed by atoms with Gasteiger partial charge in [0.15, 0.2) is 0 Å². The molecule has 0 radical (unpaired) electrons. The third kappa shape index (κ3) is 2.92. The predicted octanol–water partition coefficient (Wildman–Crippen LogP) is 4.31. The maximum absolute atomic E-state index is 6.13. The highest BCUT2D eigenvalue weighted by Crippen LogP contribution is 2.41. The first kappa shape index (κ1) is 15.1. The molecule has 0 spiro atoms. The molecule has 2 rings (SSSR count). The van der Waals surface area contributed by atoms with Crippen LogP contribution in [0.5, 0.6) is 0 Å². The lowest BCUT2D eigenvalue weighted by Gasteiger charge is -2.29. The third-order valence-corrected chi connectivity index (χ3v) is 5.06. The summed E-state index contributed by atoms with van der Waals surface area (Å²) in [7, 11) is 1.98. The van der Waals surface area contributed by atoms with E-state index in [0.717, 1.165) is 0 Å². The van der Waals surface area contributed by atoms with Crippen molar-refractivity contribution in [3.63, 3.8) is 0 Å². The van der Waals surface area contributed by atoms with Crippen LogP contribution in [0.4, 0.5) is 0 Å². The van der Waals surface area contributed by atoms with Gasteiger partial charge in [-0.1, -0.05) is 36.2 Å². The summed E-state index contributed by atoms with van der Waals surface area (Å²) in [6, 6.07) is 6.08. The Bertz CT molecular complexity index is 452. The summed E-state index contributed by atoms with van der Waals surface area (Å²) in [5, 5.41) is 4.60. The molecule has 1 aliphatic heterocycles. The number of halogens is 2. The Morgan fingerprint density at radius 3 is 2.26 bits per heavy atom. The van der Waals surface area contributed by atoms with Gasteiger partial charge in [-0.15, -0.1) is 0 Å². The fraction of sp³-hybridized carbons (Fsp3) is 0.600. The molecule has 0 aliphatic carbocycles.